The van der Waals surface area contributed by atoms with Crippen molar-refractivity contribution < 1.29 is 4.79 Å². The Morgan fingerprint density at radius 3 is 2.67 bits per heavy atom. The highest BCUT2D eigenvalue weighted by Gasteiger charge is 2.30. The number of hydrogen-bond acceptors (Lipinski definition) is 8. The third kappa shape index (κ3) is 4.16. The molecule has 1 atom stereocenters. The maximum atomic E-state index is 11.6. The zero-order valence-electron chi connectivity index (χ0n) is 20.7. The van der Waals surface area contributed by atoms with E-state index in [4.69, 9.17) is 15.7 Å². The van der Waals surface area contributed by atoms with Crippen LogP contribution in [0.5, 0.6) is 0 Å². The molecule has 1 aromatic carbocycles. The monoisotopic (exact) mass is 520 g/mol. The largest absolute Gasteiger partial charge is 0.360 e. The predicted octanol–water partition coefficient (Wildman–Crippen LogP) is 4.62. The van der Waals surface area contributed by atoms with Crippen molar-refractivity contribution in [2.75, 3.05) is 37.0 Å². The van der Waals surface area contributed by atoms with Gasteiger partial charge in [-0.05, 0) is 19.8 Å². The summed E-state index contributed by atoms with van der Waals surface area (Å²) in [7, 11) is 3.74. The first-order valence-electron chi connectivity index (χ1n) is 11.8. The summed E-state index contributed by atoms with van der Waals surface area (Å²) in [6.45, 7) is 5.73. The minimum absolute atomic E-state index is 0.102. The van der Waals surface area contributed by atoms with E-state index in [0.29, 0.717) is 10.6 Å². The molecule has 5 rings (SSSR count). The molecule has 9 nitrogen and oxygen atoms in total. The van der Waals surface area contributed by atoms with Crippen LogP contribution in [0.1, 0.15) is 29.5 Å². The molecule has 3 aromatic heterocycles. The minimum Gasteiger partial charge on any atom is -0.360 e. The Hall–Kier alpha value is -3.62. The standard InChI is InChI=1S/C25H28N8OS2/c1-5-18-22(31(4)24-29-21(19(12-26)35-24)16-8-6-15(2)7-9-16)33-14-20(36-25(33)28-18)32-11-10-17(13-32)30(3)23(27)34/h6-9,14,17H,5,10-11,13H2,1-4H3,(H2,27,34). The van der Waals surface area contributed by atoms with Crippen LogP contribution in [0.25, 0.3) is 16.2 Å². The Labute approximate surface area is 218 Å². The van der Waals surface area contributed by atoms with Crippen LogP contribution in [0.15, 0.2) is 30.5 Å². The van der Waals surface area contributed by atoms with Gasteiger partial charge in [0.2, 0.25) is 0 Å². The topological polar surface area (TPSA) is 107 Å². The van der Waals surface area contributed by atoms with Gasteiger partial charge in [0.25, 0.3) is 0 Å². The van der Waals surface area contributed by atoms with Crippen molar-refractivity contribution in [1.82, 2.24) is 19.3 Å². The molecule has 186 valence electrons. The molecule has 1 aliphatic rings. The van der Waals surface area contributed by atoms with Gasteiger partial charge in [0, 0.05) is 38.9 Å². The minimum atomic E-state index is -0.399. The fourth-order valence-corrected chi connectivity index (χ4v) is 6.45. The number of amides is 2. The number of nitrogens with two attached hydrogens (primary N) is 1. The van der Waals surface area contributed by atoms with Crippen molar-refractivity contribution in [1.29, 1.82) is 5.26 Å². The first-order chi connectivity index (χ1) is 17.3. The number of primary amides is 1. The summed E-state index contributed by atoms with van der Waals surface area (Å²) in [6.07, 6.45) is 3.77. The summed E-state index contributed by atoms with van der Waals surface area (Å²) in [4.78, 5) is 28.8. The molecule has 0 bridgehead atoms. The van der Waals surface area contributed by atoms with Gasteiger partial charge in [0.15, 0.2) is 10.1 Å². The lowest BCUT2D eigenvalue weighted by atomic mass is 10.1. The summed E-state index contributed by atoms with van der Waals surface area (Å²) in [5.41, 5.74) is 9.26. The number of carbonyl (C=O) groups is 1. The molecular weight excluding hydrogens is 492 g/mol. The molecular formula is C25H28N8OS2. The molecule has 4 aromatic rings. The summed E-state index contributed by atoms with van der Waals surface area (Å²) in [5.74, 6) is 0.952. The van der Waals surface area contributed by atoms with Crippen LogP contribution in [0.2, 0.25) is 0 Å². The van der Waals surface area contributed by atoms with E-state index in [1.54, 1.807) is 23.3 Å². The van der Waals surface area contributed by atoms with E-state index in [1.165, 1.54) is 11.3 Å². The van der Waals surface area contributed by atoms with Crippen LogP contribution in [-0.4, -0.2) is 58.5 Å². The molecule has 36 heavy (non-hydrogen) atoms. The number of hydrogen-bond donors (Lipinski definition) is 1. The lowest BCUT2D eigenvalue weighted by Crippen LogP contribution is -2.42. The van der Waals surface area contributed by atoms with Crippen molar-refractivity contribution in [2.45, 2.75) is 32.7 Å². The van der Waals surface area contributed by atoms with E-state index in [-0.39, 0.29) is 6.04 Å². The van der Waals surface area contributed by atoms with E-state index < -0.39 is 6.03 Å². The molecule has 1 unspecified atom stereocenters. The number of imidazole rings is 1. The molecule has 1 saturated heterocycles. The van der Waals surface area contributed by atoms with Crippen LogP contribution in [0.3, 0.4) is 0 Å². The van der Waals surface area contributed by atoms with Gasteiger partial charge < -0.3 is 20.4 Å². The number of aryl methyl sites for hydroxylation is 2. The number of aromatic nitrogens is 3. The Balaban J connectivity index is 1.49. The quantitative estimate of drug-likeness (QED) is 0.398. The van der Waals surface area contributed by atoms with Crippen LogP contribution in [0.4, 0.5) is 20.7 Å². The average Bonchev–Trinajstić information content (AvgIpc) is 3.65. The molecule has 0 saturated carbocycles. The van der Waals surface area contributed by atoms with Gasteiger partial charge in [-0.1, -0.05) is 59.4 Å². The second kappa shape index (κ2) is 9.44. The number of likely N-dealkylation sites (N-methyl/N-ethyl adjacent to an activating group) is 1. The van der Waals surface area contributed by atoms with Crippen molar-refractivity contribution in [3.8, 4) is 17.3 Å². The number of nitriles is 1. The van der Waals surface area contributed by atoms with Gasteiger partial charge in [-0.25, -0.2) is 14.8 Å². The predicted molar refractivity (Wildman–Crippen MR) is 145 cm³/mol. The molecule has 2 amide bonds. The molecule has 1 aliphatic heterocycles. The summed E-state index contributed by atoms with van der Waals surface area (Å²) in [5, 5.41) is 11.7. The van der Waals surface area contributed by atoms with Gasteiger partial charge in [0.1, 0.15) is 27.5 Å². The van der Waals surface area contributed by atoms with E-state index in [0.717, 1.165) is 63.7 Å². The Bertz CT molecular complexity index is 1460. The molecule has 2 N–H and O–H groups in total. The van der Waals surface area contributed by atoms with Gasteiger partial charge in [0.05, 0.1) is 11.7 Å². The molecule has 1 fully saturated rings. The maximum Gasteiger partial charge on any atom is 0.314 e. The van der Waals surface area contributed by atoms with E-state index in [1.807, 2.05) is 43.1 Å². The van der Waals surface area contributed by atoms with Gasteiger partial charge >= 0.3 is 6.03 Å². The fourth-order valence-electron chi connectivity index (χ4n) is 4.57. The maximum absolute atomic E-state index is 11.6. The molecule has 0 spiro atoms. The van der Waals surface area contributed by atoms with Crippen LogP contribution >= 0.6 is 22.7 Å². The zero-order chi connectivity index (χ0) is 25.6. The van der Waals surface area contributed by atoms with Crippen LogP contribution in [-0.2, 0) is 6.42 Å². The third-order valence-corrected chi connectivity index (χ3v) is 8.79. The second-order valence-corrected chi connectivity index (χ2v) is 11.0. The van der Waals surface area contributed by atoms with Crippen molar-refractivity contribution in [3.05, 3.63) is 46.6 Å². The highest BCUT2D eigenvalue weighted by atomic mass is 32.1. The van der Waals surface area contributed by atoms with Gasteiger partial charge in [-0.15, -0.1) is 0 Å². The number of benzene rings is 1. The van der Waals surface area contributed by atoms with E-state index in [2.05, 4.69) is 28.5 Å². The number of anilines is 3. The first kappa shape index (κ1) is 24.1. The lowest BCUT2D eigenvalue weighted by Gasteiger charge is -2.23. The average molecular weight is 521 g/mol. The summed E-state index contributed by atoms with van der Waals surface area (Å²) in [6, 6.07) is 10.1. The van der Waals surface area contributed by atoms with Crippen LogP contribution < -0.4 is 15.5 Å². The molecule has 0 aliphatic carbocycles. The molecule has 4 heterocycles. The SMILES string of the molecule is CCc1nc2sc(N3CCC(N(C)C(N)=O)C3)cn2c1N(C)c1nc(-c2ccc(C)cc2)c(C#N)s1. The summed E-state index contributed by atoms with van der Waals surface area (Å²) >= 11 is 3.02. The van der Waals surface area contributed by atoms with Gasteiger partial charge in [-0.2, -0.15) is 5.26 Å². The number of nitrogens with zero attached hydrogens (tertiary/aromatic N) is 7. The molecule has 11 heteroatoms. The number of fused-ring (bicyclic) bond motifs is 1. The summed E-state index contributed by atoms with van der Waals surface area (Å²) < 4.78 is 2.11. The lowest BCUT2D eigenvalue weighted by molar-refractivity contribution is 0.204. The zero-order valence-corrected chi connectivity index (χ0v) is 22.4. The van der Waals surface area contributed by atoms with Crippen molar-refractivity contribution in [2.24, 2.45) is 5.73 Å². The fraction of sp³-hybridized carbons (Fsp3) is 0.360. The Morgan fingerprint density at radius 2 is 2.00 bits per heavy atom. The smallest absolute Gasteiger partial charge is 0.314 e. The number of rotatable bonds is 6. The van der Waals surface area contributed by atoms with E-state index in [9.17, 15) is 10.1 Å². The van der Waals surface area contributed by atoms with Crippen molar-refractivity contribution in [3.63, 3.8) is 0 Å². The normalized spacial score (nSPS) is 15.4. The van der Waals surface area contributed by atoms with Crippen LogP contribution in [0, 0.1) is 18.3 Å². The number of carbonyl (C=O) groups excluding carboxylic acids is 1. The number of urea groups is 1. The highest BCUT2D eigenvalue weighted by Crippen LogP contribution is 2.39. The molecule has 0 radical (unpaired) electrons. The Morgan fingerprint density at radius 1 is 1.25 bits per heavy atom. The number of thiazole rings is 2. The first-order valence-corrected chi connectivity index (χ1v) is 13.4. The van der Waals surface area contributed by atoms with E-state index >= 15 is 0 Å². The van der Waals surface area contributed by atoms with Gasteiger partial charge in [-0.3, -0.25) is 4.40 Å². The third-order valence-electron chi connectivity index (χ3n) is 6.71. The Kier molecular flexibility index (Phi) is 6.32. The second-order valence-electron chi connectivity index (χ2n) is 9.01. The highest BCUT2D eigenvalue weighted by molar-refractivity contribution is 7.21. The van der Waals surface area contributed by atoms with Crippen molar-refractivity contribution >= 4 is 49.6 Å².